The molecule has 5 heteroatoms. The summed E-state index contributed by atoms with van der Waals surface area (Å²) in [6, 6.07) is 15.2. The SMILES string of the molecule is CC[C@H](C(=O)NC(C)(C)C)N(Cc1cccc(C)c1)C(=O)COc1ccc(C(C)C)cc1. The first-order valence-corrected chi connectivity index (χ1v) is 11.4. The van der Waals surface area contributed by atoms with Crippen molar-refractivity contribution in [3.63, 3.8) is 0 Å². The van der Waals surface area contributed by atoms with Gasteiger partial charge in [0.25, 0.3) is 5.91 Å². The van der Waals surface area contributed by atoms with Crippen molar-refractivity contribution in [1.82, 2.24) is 10.2 Å². The Labute approximate surface area is 193 Å². The zero-order valence-electron chi connectivity index (χ0n) is 20.6. The topological polar surface area (TPSA) is 58.6 Å². The summed E-state index contributed by atoms with van der Waals surface area (Å²) < 4.78 is 5.80. The van der Waals surface area contributed by atoms with Gasteiger partial charge in [0.05, 0.1) is 0 Å². The molecule has 0 aliphatic carbocycles. The van der Waals surface area contributed by atoms with Gasteiger partial charge in [-0.25, -0.2) is 0 Å². The lowest BCUT2D eigenvalue weighted by Crippen LogP contribution is -2.54. The molecule has 0 fully saturated rings. The van der Waals surface area contributed by atoms with Crippen LogP contribution < -0.4 is 10.1 Å². The van der Waals surface area contributed by atoms with Gasteiger partial charge in [-0.3, -0.25) is 9.59 Å². The van der Waals surface area contributed by atoms with Crippen LogP contribution in [0, 0.1) is 6.92 Å². The third kappa shape index (κ3) is 7.70. The lowest BCUT2D eigenvalue weighted by molar-refractivity contribution is -0.143. The number of nitrogens with zero attached hydrogens (tertiary/aromatic N) is 1. The standard InChI is InChI=1S/C27H38N2O3/c1-8-24(26(31)28-27(5,6)7)29(17-21-11-9-10-20(4)16-21)25(30)18-32-23-14-12-22(13-15-23)19(2)3/h9-16,19,24H,8,17-18H2,1-7H3,(H,28,31)/t24-/m1/s1. The van der Waals surface area contributed by atoms with Gasteiger partial charge in [-0.05, 0) is 63.3 Å². The van der Waals surface area contributed by atoms with Crippen LogP contribution in [0.25, 0.3) is 0 Å². The van der Waals surface area contributed by atoms with Crippen LogP contribution in [-0.2, 0) is 16.1 Å². The molecule has 0 radical (unpaired) electrons. The smallest absolute Gasteiger partial charge is 0.261 e. The molecule has 2 rings (SSSR count). The van der Waals surface area contributed by atoms with E-state index >= 15 is 0 Å². The van der Waals surface area contributed by atoms with Crippen LogP contribution in [0.5, 0.6) is 5.75 Å². The molecular formula is C27H38N2O3. The Morgan fingerprint density at radius 3 is 2.25 bits per heavy atom. The normalized spacial score (nSPS) is 12.4. The Kier molecular flexibility index (Phi) is 8.88. The van der Waals surface area contributed by atoms with E-state index in [0.29, 0.717) is 24.6 Å². The monoisotopic (exact) mass is 438 g/mol. The van der Waals surface area contributed by atoms with Gasteiger partial charge < -0.3 is 15.0 Å². The predicted molar refractivity (Wildman–Crippen MR) is 130 cm³/mol. The van der Waals surface area contributed by atoms with Crippen molar-refractivity contribution in [2.24, 2.45) is 0 Å². The maximum atomic E-state index is 13.3. The van der Waals surface area contributed by atoms with Crippen molar-refractivity contribution in [3.8, 4) is 5.75 Å². The minimum absolute atomic E-state index is 0.119. The van der Waals surface area contributed by atoms with Gasteiger partial charge in [0.15, 0.2) is 6.61 Å². The van der Waals surface area contributed by atoms with Crippen molar-refractivity contribution < 1.29 is 14.3 Å². The first-order chi connectivity index (χ1) is 15.0. The molecule has 0 saturated carbocycles. The molecule has 0 spiro atoms. The second-order valence-electron chi connectivity index (χ2n) is 9.69. The molecule has 5 nitrogen and oxygen atoms in total. The molecular weight excluding hydrogens is 400 g/mol. The molecule has 0 unspecified atom stereocenters. The number of hydrogen-bond donors (Lipinski definition) is 1. The molecule has 0 heterocycles. The van der Waals surface area contributed by atoms with Crippen molar-refractivity contribution in [1.29, 1.82) is 0 Å². The summed E-state index contributed by atoms with van der Waals surface area (Å²) in [5, 5.41) is 3.02. The molecule has 0 aliphatic heterocycles. The van der Waals surface area contributed by atoms with Gasteiger partial charge in [-0.2, -0.15) is 0 Å². The summed E-state index contributed by atoms with van der Waals surface area (Å²) >= 11 is 0. The van der Waals surface area contributed by atoms with Crippen LogP contribution >= 0.6 is 0 Å². The maximum absolute atomic E-state index is 13.3. The minimum atomic E-state index is -0.575. The van der Waals surface area contributed by atoms with Crippen LogP contribution in [0.4, 0.5) is 0 Å². The third-order valence-electron chi connectivity index (χ3n) is 5.23. The Balaban J connectivity index is 2.21. The average Bonchev–Trinajstić information content (AvgIpc) is 2.71. The Morgan fingerprint density at radius 1 is 1.06 bits per heavy atom. The van der Waals surface area contributed by atoms with Crippen LogP contribution in [0.2, 0.25) is 0 Å². The van der Waals surface area contributed by atoms with Crippen molar-refractivity contribution in [2.45, 2.75) is 78.9 Å². The highest BCUT2D eigenvalue weighted by Crippen LogP contribution is 2.19. The molecule has 1 atom stereocenters. The molecule has 2 amide bonds. The number of carbonyl (C=O) groups excluding carboxylic acids is 2. The number of nitrogens with one attached hydrogen (secondary N) is 1. The van der Waals surface area contributed by atoms with Crippen molar-refractivity contribution >= 4 is 11.8 Å². The van der Waals surface area contributed by atoms with Crippen LogP contribution in [0.15, 0.2) is 48.5 Å². The second-order valence-corrected chi connectivity index (χ2v) is 9.69. The third-order valence-corrected chi connectivity index (χ3v) is 5.23. The van der Waals surface area contributed by atoms with E-state index in [4.69, 9.17) is 4.74 Å². The summed E-state index contributed by atoms with van der Waals surface area (Å²) in [5.41, 5.74) is 2.94. The highest BCUT2D eigenvalue weighted by Gasteiger charge is 2.30. The van der Waals surface area contributed by atoms with Gasteiger partial charge >= 0.3 is 0 Å². The summed E-state index contributed by atoms with van der Waals surface area (Å²) in [5.74, 6) is 0.713. The molecule has 2 aromatic rings. The van der Waals surface area contributed by atoms with E-state index in [9.17, 15) is 9.59 Å². The zero-order valence-corrected chi connectivity index (χ0v) is 20.6. The van der Waals surface area contributed by atoms with Crippen LogP contribution in [0.3, 0.4) is 0 Å². The number of rotatable bonds is 9. The lowest BCUT2D eigenvalue weighted by Gasteiger charge is -2.33. The molecule has 0 aromatic heterocycles. The second kappa shape index (κ2) is 11.2. The number of amides is 2. The van der Waals surface area contributed by atoms with Crippen LogP contribution in [-0.4, -0.2) is 34.9 Å². The first kappa shape index (κ1) is 25.4. The highest BCUT2D eigenvalue weighted by molar-refractivity contribution is 5.88. The van der Waals surface area contributed by atoms with Gasteiger partial charge in [0, 0.05) is 12.1 Å². The molecule has 0 aliphatic rings. The largest absolute Gasteiger partial charge is 0.484 e. The number of hydrogen-bond acceptors (Lipinski definition) is 3. The molecule has 1 N–H and O–H groups in total. The van der Waals surface area contributed by atoms with Crippen molar-refractivity contribution in [3.05, 3.63) is 65.2 Å². The van der Waals surface area contributed by atoms with E-state index in [-0.39, 0.29) is 24.0 Å². The number of benzene rings is 2. The molecule has 0 bridgehead atoms. The quantitative estimate of drug-likeness (QED) is 0.584. The van der Waals surface area contributed by atoms with E-state index in [1.54, 1.807) is 4.90 Å². The highest BCUT2D eigenvalue weighted by atomic mass is 16.5. The van der Waals surface area contributed by atoms with Gasteiger partial charge in [-0.15, -0.1) is 0 Å². The summed E-state index contributed by atoms with van der Waals surface area (Å²) in [4.78, 5) is 27.9. The van der Waals surface area contributed by atoms with E-state index in [1.807, 2.05) is 83.1 Å². The Morgan fingerprint density at radius 2 is 1.72 bits per heavy atom. The first-order valence-electron chi connectivity index (χ1n) is 11.4. The molecule has 2 aromatic carbocycles. The Hall–Kier alpha value is -2.82. The van der Waals surface area contributed by atoms with Gasteiger partial charge in [0.2, 0.25) is 5.91 Å². The van der Waals surface area contributed by atoms with Crippen LogP contribution in [0.1, 0.15) is 70.6 Å². The summed E-state index contributed by atoms with van der Waals surface area (Å²) in [6.45, 7) is 14.3. The number of aryl methyl sites for hydroxylation is 1. The summed E-state index contributed by atoms with van der Waals surface area (Å²) in [6.07, 6.45) is 0.516. The molecule has 0 saturated heterocycles. The fourth-order valence-corrected chi connectivity index (χ4v) is 3.56. The fourth-order valence-electron chi connectivity index (χ4n) is 3.56. The number of ether oxygens (including phenoxy) is 1. The van der Waals surface area contributed by atoms with Gasteiger partial charge in [0.1, 0.15) is 11.8 Å². The van der Waals surface area contributed by atoms with E-state index in [0.717, 1.165) is 11.1 Å². The predicted octanol–water partition coefficient (Wildman–Crippen LogP) is 5.22. The average molecular weight is 439 g/mol. The van der Waals surface area contributed by atoms with E-state index < -0.39 is 6.04 Å². The van der Waals surface area contributed by atoms with Gasteiger partial charge in [-0.1, -0.05) is 62.7 Å². The Bertz CT molecular complexity index is 898. The maximum Gasteiger partial charge on any atom is 0.261 e. The van der Waals surface area contributed by atoms with E-state index in [1.165, 1.54) is 5.56 Å². The number of carbonyl (C=O) groups is 2. The molecule has 174 valence electrons. The fraction of sp³-hybridized carbons (Fsp3) is 0.481. The minimum Gasteiger partial charge on any atom is -0.484 e. The lowest BCUT2D eigenvalue weighted by atomic mass is 10.0. The van der Waals surface area contributed by atoms with E-state index in [2.05, 4.69) is 19.2 Å². The summed E-state index contributed by atoms with van der Waals surface area (Å²) in [7, 11) is 0. The zero-order chi connectivity index (χ0) is 23.9. The van der Waals surface area contributed by atoms with Crippen molar-refractivity contribution in [2.75, 3.05) is 6.61 Å². The molecule has 32 heavy (non-hydrogen) atoms.